The first-order chi connectivity index (χ1) is 12.7. The van der Waals surface area contributed by atoms with Crippen LogP contribution in [0.25, 0.3) is 0 Å². The number of amides is 1. The maximum absolute atomic E-state index is 12.9. The number of carbonyl (C=O) groups is 2. The van der Waals surface area contributed by atoms with E-state index in [9.17, 15) is 22.4 Å². The molecule has 2 N–H and O–H groups in total. The number of nitrogens with one attached hydrogen (secondary N) is 2. The minimum absolute atomic E-state index is 0.206. The van der Waals surface area contributed by atoms with Gasteiger partial charge in [0.15, 0.2) is 6.61 Å². The van der Waals surface area contributed by atoms with Gasteiger partial charge in [-0.3, -0.25) is 9.59 Å². The lowest BCUT2D eigenvalue weighted by molar-refractivity contribution is -0.148. The van der Waals surface area contributed by atoms with E-state index in [4.69, 9.17) is 16.3 Å². The lowest BCUT2D eigenvalue weighted by atomic mass is 10.3. The van der Waals surface area contributed by atoms with Gasteiger partial charge in [-0.15, -0.1) is 0 Å². The van der Waals surface area contributed by atoms with E-state index in [1.807, 2.05) is 0 Å². The largest absolute Gasteiger partial charge is 0.454 e. The minimum Gasteiger partial charge on any atom is -0.454 e. The molecule has 2 aromatic carbocycles. The zero-order valence-corrected chi connectivity index (χ0v) is 15.7. The number of sulfonamides is 1. The standard InChI is InChI=1S/C17H16ClFN2O5S/c1-11(21-27(24,25)15-7-5-13(19)6-8-15)17(23)26-10-16(22)20-14-4-2-3-12(18)9-14/h2-9,11,21H,10H2,1H3,(H,20,22)/t11-/m0/s1. The minimum atomic E-state index is -4.05. The Morgan fingerprint density at radius 1 is 1.19 bits per heavy atom. The highest BCUT2D eigenvalue weighted by atomic mass is 35.5. The molecule has 2 aromatic rings. The number of carbonyl (C=O) groups excluding carboxylic acids is 2. The Labute approximate surface area is 160 Å². The summed E-state index contributed by atoms with van der Waals surface area (Å²) < 4.78 is 44.1. The molecule has 1 atom stereocenters. The van der Waals surface area contributed by atoms with E-state index >= 15 is 0 Å². The van der Waals surface area contributed by atoms with E-state index in [0.717, 1.165) is 24.3 Å². The van der Waals surface area contributed by atoms with Crippen molar-refractivity contribution >= 4 is 39.2 Å². The molecule has 0 unspecified atom stereocenters. The van der Waals surface area contributed by atoms with Crippen LogP contribution in [0.5, 0.6) is 0 Å². The zero-order chi connectivity index (χ0) is 20.0. The fraction of sp³-hybridized carbons (Fsp3) is 0.176. The van der Waals surface area contributed by atoms with Crippen molar-refractivity contribution in [1.82, 2.24) is 4.72 Å². The van der Waals surface area contributed by atoms with Crippen LogP contribution >= 0.6 is 11.6 Å². The number of benzene rings is 2. The second-order valence-electron chi connectivity index (χ2n) is 5.46. The SMILES string of the molecule is C[C@H](NS(=O)(=O)c1ccc(F)cc1)C(=O)OCC(=O)Nc1cccc(Cl)c1. The first kappa shape index (κ1) is 20.8. The molecule has 0 fully saturated rings. The average molecular weight is 415 g/mol. The summed E-state index contributed by atoms with van der Waals surface area (Å²) in [5.74, 6) is -2.15. The van der Waals surface area contributed by atoms with Crippen molar-refractivity contribution in [1.29, 1.82) is 0 Å². The molecule has 7 nitrogen and oxygen atoms in total. The molecule has 0 aromatic heterocycles. The van der Waals surface area contributed by atoms with Crippen molar-refractivity contribution in [2.75, 3.05) is 11.9 Å². The number of rotatable bonds is 7. The average Bonchev–Trinajstić information content (AvgIpc) is 2.59. The first-order valence-corrected chi connectivity index (χ1v) is 9.53. The lowest BCUT2D eigenvalue weighted by Gasteiger charge is -2.14. The van der Waals surface area contributed by atoms with Crippen molar-refractivity contribution in [3.05, 3.63) is 59.4 Å². The molecule has 144 valence electrons. The molecular formula is C17H16ClFN2O5S. The van der Waals surface area contributed by atoms with Gasteiger partial charge in [-0.1, -0.05) is 17.7 Å². The van der Waals surface area contributed by atoms with Crippen LogP contribution in [0, 0.1) is 5.82 Å². The summed E-state index contributed by atoms with van der Waals surface area (Å²) in [5, 5.41) is 2.91. The molecule has 1 amide bonds. The third-order valence-electron chi connectivity index (χ3n) is 3.26. The van der Waals surface area contributed by atoms with Gasteiger partial charge >= 0.3 is 5.97 Å². The summed E-state index contributed by atoms with van der Waals surface area (Å²) in [7, 11) is -4.05. The van der Waals surface area contributed by atoms with Gasteiger partial charge in [0.25, 0.3) is 5.91 Å². The highest BCUT2D eigenvalue weighted by Crippen LogP contribution is 2.14. The number of ether oxygens (including phenoxy) is 1. The van der Waals surface area contributed by atoms with Gasteiger partial charge in [-0.25, -0.2) is 12.8 Å². The number of halogens is 2. The van der Waals surface area contributed by atoms with E-state index in [2.05, 4.69) is 10.0 Å². The first-order valence-electron chi connectivity index (χ1n) is 7.67. The predicted molar refractivity (Wildman–Crippen MR) is 97.2 cm³/mol. The normalized spacial score (nSPS) is 12.3. The van der Waals surface area contributed by atoms with Crippen molar-refractivity contribution in [3.63, 3.8) is 0 Å². The Morgan fingerprint density at radius 3 is 2.48 bits per heavy atom. The molecule has 0 aliphatic carbocycles. The van der Waals surface area contributed by atoms with E-state index in [1.165, 1.54) is 13.0 Å². The molecule has 0 aliphatic heterocycles. The molecular weight excluding hydrogens is 399 g/mol. The Hall–Kier alpha value is -2.49. The van der Waals surface area contributed by atoms with E-state index in [1.54, 1.807) is 18.2 Å². The van der Waals surface area contributed by atoms with Crippen LogP contribution in [0.3, 0.4) is 0 Å². The summed E-state index contributed by atoms with van der Waals surface area (Å²) in [6.07, 6.45) is 0. The van der Waals surface area contributed by atoms with E-state index in [0.29, 0.717) is 10.7 Å². The van der Waals surface area contributed by atoms with Crippen molar-refractivity contribution in [3.8, 4) is 0 Å². The lowest BCUT2D eigenvalue weighted by Crippen LogP contribution is -2.40. The maximum atomic E-state index is 12.9. The molecule has 2 rings (SSSR count). The second-order valence-corrected chi connectivity index (χ2v) is 7.61. The van der Waals surface area contributed by atoms with E-state index < -0.39 is 40.4 Å². The Morgan fingerprint density at radius 2 is 1.85 bits per heavy atom. The number of hydrogen-bond donors (Lipinski definition) is 2. The summed E-state index contributed by atoms with van der Waals surface area (Å²) in [6, 6.07) is 9.23. The third-order valence-corrected chi connectivity index (χ3v) is 5.06. The fourth-order valence-electron chi connectivity index (χ4n) is 1.99. The van der Waals surface area contributed by atoms with Gasteiger partial charge < -0.3 is 10.1 Å². The maximum Gasteiger partial charge on any atom is 0.324 e. The summed E-state index contributed by atoms with van der Waals surface area (Å²) in [5.41, 5.74) is 0.425. The van der Waals surface area contributed by atoms with Crippen LogP contribution in [0.2, 0.25) is 5.02 Å². The van der Waals surface area contributed by atoms with E-state index in [-0.39, 0.29) is 4.90 Å². The molecule has 0 spiro atoms. The molecule has 0 saturated carbocycles. The third kappa shape index (κ3) is 6.31. The summed E-state index contributed by atoms with van der Waals surface area (Å²) in [4.78, 5) is 23.5. The summed E-state index contributed by atoms with van der Waals surface area (Å²) in [6.45, 7) is 0.659. The molecule has 0 aliphatic rings. The number of hydrogen-bond acceptors (Lipinski definition) is 5. The van der Waals surface area contributed by atoms with Crippen LogP contribution < -0.4 is 10.0 Å². The Balaban J connectivity index is 1.87. The van der Waals surface area contributed by atoms with Crippen LogP contribution in [-0.2, 0) is 24.3 Å². The van der Waals surface area contributed by atoms with Crippen LogP contribution in [0.15, 0.2) is 53.4 Å². The van der Waals surface area contributed by atoms with Gasteiger partial charge in [0.2, 0.25) is 10.0 Å². The van der Waals surface area contributed by atoms with Crippen LogP contribution in [0.1, 0.15) is 6.92 Å². The van der Waals surface area contributed by atoms with Gasteiger partial charge in [-0.2, -0.15) is 4.72 Å². The topological polar surface area (TPSA) is 102 Å². The molecule has 0 radical (unpaired) electrons. The van der Waals surface area contributed by atoms with Gasteiger partial charge in [-0.05, 0) is 49.4 Å². The number of anilines is 1. The molecule has 0 bridgehead atoms. The predicted octanol–water partition coefficient (Wildman–Crippen LogP) is 2.33. The fourth-order valence-corrected chi connectivity index (χ4v) is 3.37. The van der Waals surface area contributed by atoms with Gasteiger partial charge in [0.05, 0.1) is 4.90 Å². The number of esters is 1. The molecule has 0 heterocycles. The van der Waals surface area contributed by atoms with Crippen molar-refractivity contribution in [2.45, 2.75) is 17.9 Å². The zero-order valence-electron chi connectivity index (χ0n) is 14.1. The molecule has 10 heteroatoms. The Bertz CT molecular complexity index is 935. The smallest absolute Gasteiger partial charge is 0.324 e. The highest BCUT2D eigenvalue weighted by molar-refractivity contribution is 7.89. The van der Waals surface area contributed by atoms with Crippen molar-refractivity contribution < 1.29 is 27.1 Å². The molecule has 0 saturated heterocycles. The van der Waals surface area contributed by atoms with Crippen LogP contribution in [-0.4, -0.2) is 32.9 Å². The monoisotopic (exact) mass is 414 g/mol. The van der Waals surface area contributed by atoms with Gasteiger partial charge in [0.1, 0.15) is 11.9 Å². The second kappa shape index (κ2) is 8.94. The quantitative estimate of drug-likeness (QED) is 0.677. The highest BCUT2D eigenvalue weighted by Gasteiger charge is 2.23. The van der Waals surface area contributed by atoms with Gasteiger partial charge in [0, 0.05) is 10.7 Å². The Kier molecular flexibility index (Phi) is 6.89. The molecule has 27 heavy (non-hydrogen) atoms. The summed E-state index contributed by atoms with van der Waals surface area (Å²) >= 11 is 5.80. The van der Waals surface area contributed by atoms with Crippen LogP contribution in [0.4, 0.5) is 10.1 Å². The van der Waals surface area contributed by atoms with Crippen molar-refractivity contribution in [2.24, 2.45) is 0 Å².